The van der Waals surface area contributed by atoms with E-state index >= 15 is 0 Å². The third-order valence-electron chi connectivity index (χ3n) is 2.03. The first-order valence-electron chi connectivity index (χ1n) is 4.90. The minimum absolute atomic E-state index is 0.0814. The standard InChI is InChI=1S/C11H15ClFNS/c1-2-15-7-10(14)5-8-3-4-9(13)6-11(8)12/h3-4,6,10H,2,5,7,14H2,1H3. The van der Waals surface area contributed by atoms with Gasteiger partial charge in [0.2, 0.25) is 0 Å². The molecule has 0 saturated heterocycles. The highest BCUT2D eigenvalue weighted by molar-refractivity contribution is 7.99. The molecule has 0 aliphatic rings. The zero-order chi connectivity index (χ0) is 11.3. The summed E-state index contributed by atoms with van der Waals surface area (Å²) in [6.45, 7) is 2.10. The monoisotopic (exact) mass is 247 g/mol. The molecule has 84 valence electrons. The number of rotatable bonds is 5. The second-order valence-corrected chi connectivity index (χ2v) is 5.09. The first-order chi connectivity index (χ1) is 7.13. The van der Waals surface area contributed by atoms with Crippen LogP contribution in [0.5, 0.6) is 0 Å². The molecule has 0 radical (unpaired) electrons. The molecule has 1 aromatic carbocycles. The fourth-order valence-corrected chi connectivity index (χ4v) is 2.20. The van der Waals surface area contributed by atoms with Crippen LogP contribution in [0.2, 0.25) is 5.02 Å². The highest BCUT2D eigenvalue weighted by Gasteiger charge is 2.07. The largest absolute Gasteiger partial charge is 0.327 e. The molecule has 0 aliphatic carbocycles. The van der Waals surface area contributed by atoms with Crippen molar-refractivity contribution in [3.05, 3.63) is 34.6 Å². The Morgan fingerprint density at radius 2 is 2.27 bits per heavy atom. The second kappa shape index (κ2) is 6.36. The maximum Gasteiger partial charge on any atom is 0.124 e. The topological polar surface area (TPSA) is 26.0 Å². The van der Waals surface area contributed by atoms with Crippen molar-refractivity contribution in [2.75, 3.05) is 11.5 Å². The van der Waals surface area contributed by atoms with Crippen LogP contribution in [0.4, 0.5) is 4.39 Å². The smallest absolute Gasteiger partial charge is 0.124 e. The van der Waals surface area contributed by atoms with Gasteiger partial charge in [0.1, 0.15) is 5.82 Å². The molecule has 1 aromatic rings. The van der Waals surface area contributed by atoms with Gasteiger partial charge in [-0.1, -0.05) is 24.6 Å². The van der Waals surface area contributed by atoms with Gasteiger partial charge in [0.25, 0.3) is 0 Å². The summed E-state index contributed by atoms with van der Waals surface area (Å²) >= 11 is 7.71. The van der Waals surface area contributed by atoms with Crippen LogP contribution >= 0.6 is 23.4 Å². The molecule has 2 N–H and O–H groups in total. The van der Waals surface area contributed by atoms with Gasteiger partial charge in [-0.05, 0) is 29.9 Å². The lowest BCUT2D eigenvalue weighted by molar-refractivity contribution is 0.626. The number of benzene rings is 1. The van der Waals surface area contributed by atoms with E-state index in [1.807, 2.05) is 0 Å². The van der Waals surface area contributed by atoms with Crippen molar-refractivity contribution >= 4 is 23.4 Å². The Kier molecular flexibility index (Phi) is 5.43. The lowest BCUT2D eigenvalue weighted by Crippen LogP contribution is -2.25. The number of nitrogens with two attached hydrogens (primary N) is 1. The molecular formula is C11H15ClFNS. The number of hydrogen-bond acceptors (Lipinski definition) is 2. The van der Waals surface area contributed by atoms with E-state index in [1.54, 1.807) is 17.8 Å². The van der Waals surface area contributed by atoms with Crippen LogP contribution in [0.25, 0.3) is 0 Å². The van der Waals surface area contributed by atoms with E-state index in [2.05, 4.69) is 6.92 Å². The van der Waals surface area contributed by atoms with Crippen LogP contribution < -0.4 is 5.73 Å². The third kappa shape index (κ3) is 4.41. The molecule has 0 fully saturated rings. The van der Waals surface area contributed by atoms with E-state index in [1.165, 1.54) is 12.1 Å². The highest BCUT2D eigenvalue weighted by Crippen LogP contribution is 2.19. The fraction of sp³-hybridized carbons (Fsp3) is 0.455. The van der Waals surface area contributed by atoms with Crippen molar-refractivity contribution in [1.82, 2.24) is 0 Å². The van der Waals surface area contributed by atoms with Crippen molar-refractivity contribution < 1.29 is 4.39 Å². The first kappa shape index (κ1) is 12.8. The van der Waals surface area contributed by atoms with Crippen LogP contribution in [0, 0.1) is 5.82 Å². The van der Waals surface area contributed by atoms with Crippen molar-refractivity contribution in [3.63, 3.8) is 0 Å². The Balaban J connectivity index is 2.56. The Hall–Kier alpha value is -0.250. The lowest BCUT2D eigenvalue weighted by Gasteiger charge is -2.11. The van der Waals surface area contributed by atoms with Crippen LogP contribution in [-0.4, -0.2) is 17.5 Å². The lowest BCUT2D eigenvalue weighted by atomic mass is 10.1. The molecule has 1 rings (SSSR count). The Morgan fingerprint density at radius 1 is 1.53 bits per heavy atom. The fourth-order valence-electron chi connectivity index (χ4n) is 1.30. The summed E-state index contributed by atoms with van der Waals surface area (Å²) in [5.74, 6) is 1.66. The average Bonchev–Trinajstić information content (AvgIpc) is 2.19. The molecule has 15 heavy (non-hydrogen) atoms. The summed E-state index contributed by atoms with van der Waals surface area (Å²) in [5.41, 5.74) is 6.84. The first-order valence-corrected chi connectivity index (χ1v) is 6.44. The van der Waals surface area contributed by atoms with Gasteiger partial charge < -0.3 is 5.73 Å². The van der Waals surface area contributed by atoms with E-state index in [4.69, 9.17) is 17.3 Å². The molecule has 0 saturated carbocycles. The molecule has 0 spiro atoms. The van der Waals surface area contributed by atoms with E-state index in [0.29, 0.717) is 11.4 Å². The zero-order valence-electron chi connectivity index (χ0n) is 8.67. The minimum atomic E-state index is -0.305. The number of hydrogen-bond donors (Lipinski definition) is 1. The van der Waals surface area contributed by atoms with E-state index in [-0.39, 0.29) is 11.9 Å². The van der Waals surface area contributed by atoms with Gasteiger partial charge in [0, 0.05) is 16.8 Å². The van der Waals surface area contributed by atoms with Gasteiger partial charge in [-0.15, -0.1) is 0 Å². The molecule has 4 heteroatoms. The van der Waals surface area contributed by atoms with E-state index in [0.717, 1.165) is 17.1 Å². The molecule has 1 nitrogen and oxygen atoms in total. The second-order valence-electron chi connectivity index (χ2n) is 3.36. The molecule has 1 unspecified atom stereocenters. The van der Waals surface area contributed by atoms with Gasteiger partial charge in [-0.2, -0.15) is 11.8 Å². The minimum Gasteiger partial charge on any atom is -0.327 e. The molecule has 0 bridgehead atoms. The molecule has 1 atom stereocenters. The number of halogens is 2. The predicted molar refractivity (Wildman–Crippen MR) is 66.1 cm³/mol. The maximum atomic E-state index is 12.8. The summed E-state index contributed by atoms with van der Waals surface area (Å²) < 4.78 is 12.8. The summed E-state index contributed by atoms with van der Waals surface area (Å²) in [6, 6.07) is 4.53. The van der Waals surface area contributed by atoms with Crippen molar-refractivity contribution in [2.24, 2.45) is 5.73 Å². The van der Waals surface area contributed by atoms with Crippen LogP contribution in [0.3, 0.4) is 0 Å². The summed E-state index contributed by atoms with van der Waals surface area (Å²) in [4.78, 5) is 0. The summed E-state index contributed by atoms with van der Waals surface area (Å²) in [5, 5.41) is 0.465. The molecular weight excluding hydrogens is 233 g/mol. The van der Waals surface area contributed by atoms with Crippen LogP contribution in [0.15, 0.2) is 18.2 Å². The van der Waals surface area contributed by atoms with Gasteiger partial charge in [0.15, 0.2) is 0 Å². The summed E-state index contributed by atoms with van der Waals surface area (Å²) in [7, 11) is 0. The van der Waals surface area contributed by atoms with Crippen molar-refractivity contribution in [1.29, 1.82) is 0 Å². The maximum absolute atomic E-state index is 12.8. The predicted octanol–water partition coefficient (Wildman–Crippen LogP) is 3.10. The molecule has 0 heterocycles. The van der Waals surface area contributed by atoms with Gasteiger partial charge in [0.05, 0.1) is 0 Å². The van der Waals surface area contributed by atoms with Gasteiger partial charge in [-0.3, -0.25) is 0 Å². The molecule has 0 amide bonds. The van der Waals surface area contributed by atoms with E-state index < -0.39 is 0 Å². The van der Waals surface area contributed by atoms with Crippen LogP contribution in [-0.2, 0) is 6.42 Å². The summed E-state index contributed by atoms with van der Waals surface area (Å²) in [6.07, 6.45) is 0.701. The van der Waals surface area contributed by atoms with E-state index in [9.17, 15) is 4.39 Å². The van der Waals surface area contributed by atoms with Crippen LogP contribution in [0.1, 0.15) is 12.5 Å². The SMILES string of the molecule is CCSCC(N)Cc1ccc(F)cc1Cl. The van der Waals surface area contributed by atoms with Gasteiger partial charge >= 0.3 is 0 Å². The van der Waals surface area contributed by atoms with Gasteiger partial charge in [-0.25, -0.2) is 4.39 Å². The normalized spacial score (nSPS) is 12.8. The highest BCUT2D eigenvalue weighted by atomic mass is 35.5. The third-order valence-corrected chi connectivity index (χ3v) is 3.46. The van der Waals surface area contributed by atoms with Crippen molar-refractivity contribution in [3.8, 4) is 0 Å². The Bertz CT molecular complexity index is 319. The Labute approximate surface area is 99.2 Å². The quantitative estimate of drug-likeness (QED) is 0.865. The molecule has 0 aliphatic heterocycles. The zero-order valence-corrected chi connectivity index (χ0v) is 10.2. The number of thioether (sulfide) groups is 1. The average molecular weight is 248 g/mol. The molecule has 0 aromatic heterocycles. The Morgan fingerprint density at radius 3 is 2.87 bits per heavy atom. The van der Waals surface area contributed by atoms with Crippen molar-refractivity contribution in [2.45, 2.75) is 19.4 Å².